The molecule has 0 atom stereocenters. The van der Waals surface area contributed by atoms with Crippen molar-refractivity contribution in [2.45, 2.75) is 75.2 Å². The molecule has 0 saturated heterocycles. The van der Waals surface area contributed by atoms with Gasteiger partial charge in [0, 0.05) is 13.7 Å². The van der Waals surface area contributed by atoms with Crippen molar-refractivity contribution in [2.24, 2.45) is 11.8 Å². The van der Waals surface area contributed by atoms with E-state index in [0.29, 0.717) is 19.1 Å². The van der Waals surface area contributed by atoms with Crippen LogP contribution < -0.4 is 5.32 Å². The van der Waals surface area contributed by atoms with E-state index >= 15 is 0 Å². The van der Waals surface area contributed by atoms with Gasteiger partial charge in [0.25, 0.3) is 0 Å². The second kappa shape index (κ2) is 37.1. The summed E-state index contributed by atoms with van der Waals surface area (Å²) in [5.41, 5.74) is 0. The molecule has 0 aliphatic heterocycles. The van der Waals surface area contributed by atoms with Crippen LogP contribution in [0.3, 0.4) is 0 Å². The number of hydrogen-bond donors (Lipinski definition) is 3. The molecule has 0 aliphatic rings. The molecule has 0 bridgehead atoms. The predicted molar refractivity (Wildman–Crippen MR) is 100 cm³/mol. The molecule has 0 rings (SSSR count). The molecule has 0 aromatic rings. The zero-order valence-corrected chi connectivity index (χ0v) is 17.0. The van der Waals surface area contributed by atoms with Crippen molar-refractivity contribution in [1.82, 2.24) is 5.32 Å². The standard InChI is InChI=1S/C8H17NO.C5H12O.2C2H6.CH4O/c1-7(2)4-5-9-6-8(3)10;1-5(2)3-4-6;3*1-2/h7,9H,4-6H2,1-3H3;5-6H,3-4H2,1-2H3;2*1-2H3;2H,1H3. The summed E-state index contributed by atoms with van der Waals surface area (Å²) in [5, 5.41) is 18.3. The predicted octanol–water partition coefficient (Wildman–Crippen LogP) is 3.90. The Labute approximate surface area is 140 Å². The molecule has 3 N–H and O–H groups in total. The number of aliphatic hydroxyl groups excluding tert-OH is 2. The highest BCUT2D eigenvalue weighted by molar-refractivity contribution is 5.77. The Morgan fingerprint density at radius 2 is 1.27 bits per heavy atom. The summed E-state index contributed by atoms with van der Waals surface area (Å²) in [5.74, 6) is 1.58. The van der Waals surface area contributed by atoms with Crippen molar-refractivity contribution in [3.8, 4) is 0 Å². The van der Waals surface area contributed by atoms with Gasteiger partial charge in [0.15, 0.2) is 0 Å². The third-order valence-corrected chi connectivity index (χ3v) is 1.98. The zero-order chi connectivity index (χ0) is 19.0. The van der Waals surface area contributed by atoms with Gasteiger partial charge in [-0.15, -0.1) is 0 Å². The van der Waals surface area contributed by atoms with Crippen molar-refractivity contribution >= 4 is 5.78 Å². The van der Waals surface area contributed by atoms with Crippen LogP contribution in [0, 0.1) is 11.8 Å². The topological polar surface area (TPSA) is 69.6 Å². The minimum Gasteiger partial charge on any atom is -0.400 e. The first kappa shape index (κ1) is 33.2. The first-order valence-electron chi connectivity index (χ1n) is 8.65. The number of carbonyl (C=O) groups excluding carboxylic acids is 1. The third kappa shape index (κ3) is 73.8. The molecule has 0 aromatic carbocycles. The van der Waals surface area contributed by atoms with Crippen molar-refractivity contribution in [2.75, 3.05) is 26.8 Å². The van der Waals surface area contributed by atoms with Crippen LogP contribution in [0.1, 0.15) is 75.2 Å². The summed E-state index contributed by atoms with van der Waals surface area (Å²) in [6.07, 6.45) is 2.08. The fraction of sp³-hybridized carbons (Fsp3) is 0.944. The van der Waals surface area contributed by atoms with Gasteiger partial charge in [0.1, 0.15) is 5.78 Å². The van der Waals surface area contributed by atoms with E-state index in [0.717, 1.165) is 32.4 Å². The molecule has 4 nitrogen and oxygen atoms in total. The lowest BCUT2D eigenvalue weighted by atomic mass is 10.1. The van der Waals surface area contributed by atoms with Crippen molar-refractivity contribution < 1.29 is 15.0 Å². The van der Waals surface area contributed by atoms with Gasteiger partial charge in [0.2, 0.25) is 0 Å². The molecule has 140 valence electrons. The SMILES string of the molecule is CC.CC.CC(=O)CNCCC(C)C.CC(C)CCO.CO. The van der Waals surface area contributed by atoms with E-state index in [1.165, 1.54) is 0 Å². The van der Waals surface area contributed by atoms with Crippen molar-refractivity contribution in [3.63, 3.8) is 0 Å². The molecular weight excluding hydrogens is 278 g/mol. The van der Waals surface area contributed by atoms with Crippen LogP contribution in [0.25, 0.3) is 0 Å². The molecule has 0 amide bonds. The van der Waals surface area contributed by atoms with E-state index in [1.54, 1.807) is 6.92 Å². The monoisotopic (exact) mass is 323 g/mol. The Kier molecular flexibility index (Phi) is 56.0. The van der Waals surface area contributed by atoms with Crippen LogP contribution in [0.5, 0.6) is 0 Å². The first-order chi connectivity index (χ1) is 10.4. The number of nitrogens with one attached hydrogen (secondary N) is 1. The van der Waals surface area contributed by atoms with Gasteiger partial charge in [-0.05, 0) is 38.1 Å². The number of aliphatic hydroxyl groups is 2. The van der Waals surface area contributed by atoms with E-state index in [4.69, 9.17) is 10.2 Å². The van der Waals surface area contributed by atoms with Gasteiger partial charge in [-0.3, -0.25) is 4.79 Å². The van der Waals surface area contributed by atoms with E-state index < -0.39 is 0 Å². The van der Waals surface area contributed by atoms with Gasteiger partial charge in [-0.2, -0.15) is 0 Å². The number of ketones is 1. The fourth-order valence-corrected chi connectivity index (χ4v) is 0.913. The molecule has 22 heavy (non-hydrogen) atoms. The zero-order valence-electron chi connectivity index (χ0n) is 17.0. The smallest absolute Gasteiger partial charge is 0.143 e. The second-order valence-corrected chi connectivity index (χ2v) is 4.97. The fourth-order valence-electron chi connectivity index (χ4n) is 0.913. The maximum atomic E-state index is 10.4. The summed E-state index contributed by atoms with van der Waals surface area (Å²) in [6, 6.07) is 0. The molecule has 0 spiro atoms. The second-order valence-electron chi connectivity index (χ2n) is 4.97. The van der Waals surface area contributed by atoms with Crippen LogP contribution in [0.2, 0.25) is 0 Å². The molecule has 0 saturated carbocycles. The average Bonchev–Trinajstić information content (AvgIpc) is 2.50. The molecule has 0 unspecified atom stereocenters. The maximum Gasteiger partial charge on any atom is 0.143 e. The summed E-state index contributed by atoms with van der Waals surface area (Å²) < 4.78 is 0. The Morgan fingerprint density at radius 3 is 1.45 bits per heavy atom. The lowest BCUT2D eigenvalue weighted by Crippen LogP contribution is -2.22. The maximum absolute atomic E-state index is 10.4. The highest BCUT2D eigenvalue weighted by Crippen LogP contribution is 1.95. The summed E-state index contributed by atoms with van der Waals surface area (Å²) in [4.78, 5) is 10.4. The summed E-state index contributed by atoms with van der Waals surface area (Å²) in [6.45, 7) is 19.9. The number of carbonyl (C=O) groups is 1. The Morgan fingerprint density at radius 1 is 0.909 bits per heavy atom. The number of Topliss-reactive ketones (excluding diaryl/α,β-unsaturated/α-hetero) is 1. The minimum atomic E-state index is 0.212. The van der Waals surface area contributed by atoms with Gasteiger partial charge >= 0.3 is 0 Å². The van der Waals surface area contributed by atoms with Gasteiger partial charge in [0.05, 0.1) is 6.54 Å². The molecule has 0 aliphatic carbocycles. The molecule has 0 aromatic heterocycles. The average molecular weight is 324 g/mol. The molecule has 0 fully saturated rings. The normalized spacial score (nSPS) is 8.27. The first-order valence-corrected chi connectivity index (χ1v) is 8.65. The molecular formula is C18H45NO3. The lowest BCUT2D eigenvalue weighted by molar-refractivity contribution is -0.116. The van der Waals surface area contributed by atoms with Crippen molar-refractivity contribution in [1.29, 1.82) is 0 Å². The number of hydrogen-bond acceptors (Lipinski definition) is 4. The highest BCUT2D eigenvalue weighted by atomic mass is 16.3. The molecule has 0 radical (unpaired) electrons. The summed E-state index contributed by atoms with van der Waals surface area (Å²) in [7, 11) is 1.00. The molecule has 4 heteroatoms. The minimum absolute atomic E-state index is 0.212. The largest absolute Gasteiger partial charge is 0.400 e. The van der Waals surface area contributed by atoms with Gasteiger partial charge < -0.3 is 15.5 Å². The number of rotatable bonds is 7. The van der Waals surface area contributed by atoms with Crippen molar-refractivity contribution in [3.05, 3.63) is 0 Å². The van der Waals surface area contributed by atoms with E-state index in [2.05, 4.69) is 33.0 Å². The van der Waals surface area contributed by atoms with E-state index in [-0.39, 0.29) is 5.78 Å². The van der Waals surface area contributed by atoms with Crippen LogP contribution >= 0.6 is 0 Å². The molecule has 0 heterocycles. The van der Waals surface area contributed by atoms with E-state index in [1.807, 2.05) is 27.7 Å². The highest BCUT2D eigenvalue weighted by Gasteiger charge is 1.94. The van der Waals surface area contributed by atoms with Crippen LogP contribution in [0.4, 0.5) is 0 Å². The van der Waals surface area contributed by atoms with Crippen LogP contribution in [-0.2, 0) is 4.79 Å². The Hall–Kier alpha value is -0.450. The third-order valence-electron chi connectivity index (χ3n) is 1.98. The van der Waals surface area contributed by atoms with E-state index in [9.17, 15) is 4.79 Å². The van der Waals surface area contributed by atoms with Gasteiger partial charge in [-0.25, -0.2) is 0 Å². The Bertz CT molecular complexity index is 160. The van der Waals surface area contributed by atoms with Crippen LogP contribution in [-0.4, -0.2) is 42.8 Å². The lowest BCUT2D eigenvalue weighted by Gasteiger charge is -2.03. The van der Waals surface area contributed by atoms with Gasteiger partial charge in [-0.1, -0.05) is 55.4 Å². The van der Waals surface area contributed by atoms with Crippen LogP contribution in [0.15, 0.2) is 0 Å². The quantitative estimate of drug-likeness (QED) is 0.622. The Balaban J connectivity index is -0.0000000687. The summed E-state index contributed by atoms with van der Waals surface area (Å²) >= 11 is 0.